The highest BCUT2D eigenvalue weighted by molar-refractivity contribution is 7.80. The number of nitrogens with one attached hydrogen (secondary N) is 2. The van der Waals surface area contributed by atoms with Crippen molar-refractivity contribution in [2.75, 3.05) is 52.6 Å². The SMILES string of the molecule is CCCOc1c(Cl)cc(/C=N\NC(=S)NCCN2CCOCC2)cc1OCC. The summed E-state index contributed by atoms with van der Waals surface area (Å²) in [6.07, 6.45) is 2.54. The molecule has 0 saturated carbocycles. The topological polar surface area (TPSA) is 67.4 Å². The average molecular weight is 429 g/mol. The van der Waals surface area contributed by atoms with E-state index in [0.29, 0.717) is 34.8 Å². The lowest BCUT2D eigenvalue weighted by atomic mass is 10.2. The fourth-order valence-corrected chi connectivity index (χ4v) is 3.06. The largest absolute Gasteiger partial charge is 0.490 e. The molecule has 156 valence electrons. The quantitative estimate of drug-likeness (QED) is 0.337. The van der Waals surface area contributed by atoms with Crippen LogP contribution in [0, 0.1) is 0 Å². The Labute approximate surface area is 177 Å². The van der Waals surface area contributed by atoms with Crippen molar-refractivity contribution < 1.29 is 14.2 Å². The van der Waals surface area contributed by atoms with Crippen molar-refractivity contribution >= 4 is 35.1 Å². The van der Waals surface area contributed by atoms with Crippen LogP contribution in [0.5, 0.6) is 11.5 Å². The van der Waals surface area contributed by atoms with Gasteiger partial charge in [-0.2, -0.15) is 5.10 Å². The Morgan fingerprint density at radius 3 is 2.82 bits per heavy atom. The van der Waals surface area contributed by atoms with Crippen molar-refractivity contribution in [3.8, 4) is 11.5 Å². The zero-order chi connectivity index (χ0) is 20.2. The number of hydrogen-bond acceptors (Lipinski definition) is 6. The van der Waals surface area contributed by atoms with E-state index in [9.17, 15) is 0 Å². The van der Waals surface area contributed by atoms with Gasteiger partial charge in [0.05, 0.1) is 37.7 Å². The summed E-state index contributed by atoms with van der Waals surface area (Å²) in [6, 6.07) is 3.63. The van der Waals surface area contributed by atoms with E-state index in [4.69, 9.17) is 38.0 Å². The van der Waals surface area contributed by atoms with Crippen LogP contribution in [0.3, 0.4) is 0 Å². The van der Waals surface area contributed by atoms with Crippen LogP contribution in [0.15, 0.2) is 17.2 Å². The van der Waals surface area contributed by atoms with Crippen LogP contribution in [0.2, 0.25) is 5.02 Å². The molecule has 1 aromatic rings. The molecule has 1 heterocycles. The molecule has 1 aliphatic heterocycles. The van der Waals surface area contributed by atoms with Crippen molar-refractivity contribution in [3.05, 3.63) is 22.7 Å². The molecule has 0 amide bonds. The summed E-state index contributed by atoms with van der Waals surface area (Å²) in [6.45, 7) is 10.2. The predicted octanol–water partition coefficient (Wildman–Crippen LogP) is 2.66. The lowest BCUT2D eigenvalue weighted by molar-refractivity contribution is 0.0389. The summed E-state index contributed by atoms with van der Waals surface area (Å²) in [5, 5.41) is 8.29. The second-order valence-corrected chi connectivity index (χ2v) is 7.01. The highest BCUT2D eigenvalue weighted by atomic mass is 35.5. The first-order valence-corrected chi connectivity index (χ1v) is 10.4. The molecule has 0 aromatic heterocycles. The third kappa shape index (κ3) is 7.79. The summed E-state index contributed by atoms with van der Waals surface area (Å²) in [5.41, 5.74) is 3.61. The third-order valence-electron chi connectivity index (χ3n) is 3.98. The van der Waals surface area contributed by atoms with Crippen LogP contribution in [-0.4, -0.2) is 68.8 Å². The van der Waals surface area contributed by atoms with Gasteiger partial charge in [-0.05, 0) is 43.3 Å². The highest BCUT2D eigenvalue weighted by Gasteiger charge is 2.12. The molecule has 2 rings (SSSR count). The number of morpholine rings is 1. The molecule has 0 spiro atoms. The monoisotopic (exact) mass is 428 g/mol. The first-order valence-electron chi connectivity index (χ1n) is 9.60. The van der Waals surface area contributed by atoms with Crippen LogP contribution in [0.4, 0.5) is 0 Å². The van der Waals surface area contributed by atoms with Gasteiger partial charge in [0.15, 0.2) is 16.6 Å². The summed E-state index contributed by atoms with van der Waals surface area (Å²) < 4.78 is 16.7. The Morgan fingerprint density at radius 1 is 1.32 bits per heavy atom. The number of ether oxygens (including phenoxy) is 3. The molecule has 9 heteroatoms. The number of thiocarbonyl (C=S) groups is 1. The van der Waals surface area contributed by atoms with E-state index >= 15 is 0 Å². The molecule has 0 bridgehead atoms. The number of halogens is 1. The van der Waals surface area contributed by atoms with Crippen LogP contribution in [-0.2, 0) is 4.74 Å². The van der Waals surface area contributed by atoms with Crippen molar-refractivity contribution in [2.24, 2.45) is 5.10 Å². The lowest BCUT2D eigenvalue weighted by Gasteiger charge is -2.26. The second-order valence-electron chi connectivity index (χ2n) is 6.19. The maximum Gasteiger partial charge on any atom is 0.187 e. The Kier molecular flexibility index (Phi) is 10.3. The Hall–Kier alpha value is -1.61. The zero-order valence-corrected chi connectivity index (χ0v) is 18.1. The molecular weight excluding hydrogens is 400 g/mol. The lowest BCUT2D eigenvalue weighted by Crippen LogP contribution is -2.42. The van der Waals surface area contributed by atoms with Gasteiger partial charge in [-0.3, -0.25) is 10.3 Å². The van der Waals surface area contributed by atoms with E-state index in [1.807, 2.05) is 19.9 Å². The van der Waals surface area contributed by atoms with Gasteiger partial charge in [0.1, 0.15) is 0 Å². The first-order chi connectivity index (χ1) is 13.6. The molecule has 0 radical (unpaired) electrons. The minimum atomic E-state index is 0.475. The number of benzene rings is 1. The van der Waals surface area contributed by atoms with Gasteiger partial charge in [0.2, 0.25) is 0 Å². The molecule has 7 nitrogen and oxygen atoms in total. The number of nitrogens with zero attached hydrogens (tertiary/aromatic N) is 2. The van der Waals surface area contributed by atoms with Crippen molar-refractivity contribution in [1.82, 2.24) is 15.6 Å². The molecule has 1 saturated heterocycles. The van der Waals surface area contributed by atoms with Crippen molar-refractivity contribution in [2.45, 2.75) is 20.3 Å². The van der Waals surface area contributed by atoms with Crippen LogP contribution >= 0.6 is 23.8 Å². The summed E-state index contributed by atoms with van der Waals surface area (Å²) in [4.78, 5) is 2.34. The number of hydrazone groups is 1. The van der Waals surface area contributed by atoms with Crippen LogP contribution in [0.25, 0.3) is 0 Å². The molecule has 0 unspecified atom stereocenters. The molecule has 1 aliphatic rings. The fourth-order valence-electron chi connectivity index (χ4n) is 2.63. The highest BCUT2D eigenvalue weighted by Crippen LogP contribution is 2.36. The molecular formula is C19H29ClN4O3S. The molecule has 1 fully saturated rings. The second kappa shape index (κ2) is 12.8. The van der Waals surface area contributed by atoms with Gasteiger partial charge in [0, 0.05) is 26.2 Å². The van der Waals surface area contributed by atoms with E-state index < -0.39 is 0 Å². The molecule has 0 atom stereocenters. The molecule has 1 aromatic carbocycles. The Balaban J connectivity index is 1.83. The molecule has 2 N–H and O–H groups in total. The Bertz CT molecular complexity index is 654. The minimum Gasteiger partial charge on any atom is -0.490 e. The standard InChI is InChI=1S/C19H29ClN4O3S/c1-3-9-27-18-16(20)12-15(13-17(18)26-4-2)14-22-23-19(28)21-5-6-24-7-10-25-11-8-24/h12-14H,3-11H2,1-2H3,(H2,21,23,28)/b22-14-. The summed E-state index contributed by atoms with van der Waals surface area (Å²) in [5.74, 6) is 1.17. The first kappa shape index (κ1) is 22.7. The molecule has 0 aliphatic carbocycles. The van der Waals surface area contributed by atoms with Gasteiger partial charge in [-0.25, -0.2) is 0 Å². The van der Waals surface area contributed by atoms with Crippen LogP contribution in [0.1, 0.15) is 25.8 Å². The number of hydrogen-bond donors (Lipinski definition) is 2. The smallest absolute Gasteiger partial charge is 0.187 e. The maximum absolute atomic E-state index is 6.35. The van der Waals surface area contributed by atoms with E-state index in [2.05, 4.69) is 20.7 Å². The van der Waals surface area contributed by atoms with E-state index in [0.717, 1.165) is 51.4 Å². The van der Waals surface area contributed by atoms with Crippen LogP contribution < -0.4 is 20.2 Å². The Morgan fingerprint density at radius 2 is 2.11 bits per heavy atom. The predicted molar refractivity (Wildman–Crippen MR) is 117 cm³/mol. The normalized spacial score (nSPS) is 14.8. The van der Waals surface area contributed by atoms with Crippen molar-refractivity contribution in [1.29, 1.82) is 0 Å². The van der Waals surface area contributed by atoms with Gasteiger partial charge >= 0.3 is 0 Å². The maximum atomic E-state index is 6.35. The van der Waals surface area contributed by atoms with E-state index in [-0.39, 0.29) is 0 Å². The van der Waals surface area contributed by atoms with E-state index in [1.54, 1.807) is 12.3 Å². The fraction of sp³-hybridized carbons (Fsp3) is 0.579. The van der Waals surface area contributed by atoms with E-state index in [1.165, 1.54) is 0 Å². The zero-order valence-electron chi connectivity index (χ0n) is 16.5. The van der Waals surface area contributed by atoms with Gasteiger partial charge in [0.25, 0.3) is 0 Å². The van der Waals surface area contributed by atoms with Crippen molar-refractivity contribution in [3.63, 3.8) is 0 Å². The molecule has 28 heavy (non-hydrogen) atoms. The average Bonchev–Trinajstić information content (AvgIpc) is 2.68. The minimum absolute atomic E-state index is 0.475. The summed E-state index contributed by atoms with van der Waals surface area (Å²) in [7, 11) is 0. The van der Waals surface area contributed by atoms with Gasteiger partial charge in [-0.15, -0.1) is 0 Å². The third-order valence-corrected chi connectivity index (χ3v) is 4.50. The summed E-state index contributed by atoms with van der Waals surface area (Å²) >= 11 is 11.6. The number of rotatable bonds is 10. The van der Waals surface area contributed by atoms with Gasteiger partial charge in [-0.1, -0.05) is 18.5 Å². The van der Waals surface area contributed by atoms with Gasteiger partial charge < -0.3 is 19.5 Å².